The van der Waals surface area contributed by atoms with Crippen LogP contribution in [-0.2, 0) is 6.42 Å². The first kappa shape index (κ1) is 12.1. The number of hydrogen-bond donors (Lipinski definition) is 1. The molecule has 0 bridgehead atoms. The van der Waals surface area contributed by atoms with Crippen molar-refractivity contribution in [3.05, 3.63) is 15.6 Å². The van der Waals surface area contributed by atoms with Crippen LogP contribution in [0.2, 0.25) is 0 Å². The highest BCUT2D eigenvalue weighted by Gasteiger charge is 2.24. The molecule has 0 fully saturated rings. The lowest BCUT2D eigenvalue weighted by Crippen LogP contribution is -2.24. The summed E-state index contributed by atoms with van der Waals surface area (Å²) in [5.41, 5.74) is 1.37. The predicted molar refractivity (Wildman–Crippen MR) is 70.2 cm³/mol. The van der Waals surface area contributed by atoms with Gasteiger partial charge in [0, 0.05) is 16.8 Å². The van der Waals surface area contributed by atoms with E-state index in [4.69, 9.17) is 4.98 Å². The fraction of sp³-hybridized carbons (Fsp3) is 0.769. The van der Waals surface area contributed by atoms with Crippen LogP contribution in [0.1, 0.15) is 67.6 Å². The fourth-order valence-corrected chi connectivity index (χ4v) is 3.42. The van der Waals surface area contributed by atoms with Crippen molar-refractivity contribution in [3.8, 4) is 0 Å². The highest BCUT2D eigenvalue weighted by atomic mass is 32.1. The maximum atomic E-state index is 4.79. The summed E-state index contributed by atoms with van der Waals surface area (Å²) in [5, 5.41) is 4.97. The molecular weight excluding hydrogens is 216 g/mol. The second-order valence-electron chi connectivity index (χ2n) is 4.92. The third-order valence-electron chi connectivity index (χ3n) is 3.10. The molecule has 0 amide bonds. The molecule has 2 rings (SSSR count). The Morgan fingerprint density at radius 3 is 3.00 bits per heavy atom. The van der Waals surface area contributed by atoms with Gasteiger partial charge in [0.05, 0.1) is 10.7 Å². The Morgan fingerprint density at radius 2 is 2.31 bits per heavy atom. The van der Waals surface area contributed by atoms with Crippen molar-refractivity contribution in [2.75, 3.05) is 6.54 Å². The van der Waals surface area contributed by atoms with Gasteiger partial charge in [-0.05, 0) is 32.2 Å². The van der Waals surface area contributed by atoms with Crippen molar-refractivity contribution in [1.29, 1.82) is 0 Å². The van der Waals surface area contributed by atoms with Crippen LogP contribution in [-0.4, -0.2) is 11.5 Å². The maximum absolute atomic E-state index is 4.79. The molecule has 3 heteroatoms. The SMILES string of the molecule is CCCNC1CCCc2nc(C(C)C)sc21. The summed E-state index contributed by atoms with van der Waals surface area (Å²) in [7, 11) is 0. The zero-order valence-corrected chi connectivity index (χ0v) is 11.4. The molecule has 2 nitrogen and oxygen atoms in total. The molecule has 0 radical (unpaired) electrons. The Bertz CT molecular complexity index is 344. The second-order valence-corrected chi connectivity index (χ2v) is 5.98. The molecule has 0 spiro atoms. The molecule has 90 valence electrons. The maximum Gasteiger partial charge on any atom is 0.0957 e. The van der Waals surface area contributed by atoms with Gasteiger partial charge in [0.1, 0.15) is 0 Å². The first-order chi connectivity index (χ1) is 7.72. The molecule has 16 heavy (non-hydrogen) atoms. The molecule has 0 saturated carbocycles. The Labute approximate surface area is 102 Å². The number of hydrogen-bond acceptors (Lipinski definition) is 3. The Morgan fingerprint density at radius 1 is 1.50 bits per heavy atom. The van der Waals surface area contributed by atoms with Crippen molar-refractivity contribution >= 4 is 11.3 Å². The van der Waals surface area contributed by atoms with E-state index in [9.17, 15) is 0 Å². The van der Waals surface area contributed by atoms with Crippen molar-refractivity contribution < 1.29 is 0 Å². The van der Waals surface area contributed by atoms with E-state index in [1.807, 2.05) is 11.3 Å². The van der Waals surface area contributed by atoms with Crippen LogP contribution in [0, 0.1) is 0 Å². The van der Waals surface area contributed by atoms with E-state index in [1.54, 1.807) is 0 Å². The van der Waals surface area contributed by atoms with Gasteiger partial charge in [-0.3, -0.25) is 0 Å². The third kappa shape index (κ3) is 2.46. The minimum absolute atomic E-state index is 0.572. The summed E-state index contributed by atoms with van der Waals surface area (Å²) in [4.78, 5) is 6.30. The molecule has 1 aromatic rings. The van der Waals surface area contributed by atoms with Crippen LogP contribution in [0.3, 0.4) is 0 Å². The fourth-order valence-electron chi connectivity index (χ4n) is 2.20. The normalized spacial score (nSPS) is 20.1. The van der Waals surface area contributed by atoms with Gasteiger partial charge >= 0.3 is 0 Å². The van der Waals surface area contributed by atoms with Crippen LogP contribution >= 0.6 is 11.3 Å². The van der Waals surface area contributed by atoms with Gasteiger partial charge in [0.15, 0.2) is 0 Å². The molecule has 1 aliphatic rings. The number of rotatable bonds is 4. The zero-order valence-electron chi connectivity index (χ0n) is 10.5. The molecular formula is C13H22N2S. The summed E-state index contributed by atoms with van der Waals surface area (Å²) >= 11 is 1.93. The van der Waals surface area contributed by atoms with Crippen molar-refractivity contribution in [1.82, 2.24) is 10.3 Å². The quantitative estimate of drug-likeness (QED) is 0.866. The average Bonchev–Trinajstić information content (AvgIpc) is 2.70. The van der Waals surface area contributed by atoms with Crippen molar-refractivity contribution in [2.24, 2.45) is 0 Å². The summed E-state index contributed by atoms with van der Waals surface area (Å²) in [6.45, 7) is 7.82. The first-order valence-corrected chi connectivity index (χ1v) is 7.27. The zero-order chi connectivity index (χ0) is 11.5. The summed E-state index contributed by atoms with van der Waals surface area (Å²) in [6.07, 6.45) is 4.97. The lowest BCUT2D eigenvalue weighted by atomic mass is 9.98. The van der Waals surface area contributed by atoms with Crippen LogP contribution in [0.4, 0.5) is 0 Å². The number of aryl methyl sites for hydroxylation is 1. The van der Waals surface area contributed by atoms with Crippen molar-refractivity contribution in [3.63, 3.8) is 0 Å². The van der Waals surface area contributed by atoms with E-state index < -0.39 is 0 Å². The first-order valence-electron chi connectivity index (χ1n) is 6.45. The molecule has 1 atom stereocenters. The van der Waals surface area contributed by atoms with Crippen LogP contribution < -0.4 is 5.32 Å². The highest BCUT2D eigenvalue weighted by Crippen LogP contribution is 2.36. The lowest BCUT2D eigenvalue weighted by Gasteiger charge is -2.22. The minimum atomic E-state index is 0.572. The number of fused-ring (bicyclic) bond motifs is 1. The van der Waals surface area contributed by atoms with Gasteiger partial charge in [0.25, 0.3) is 0 Å². The van der Waals surface area contributed by atoms with E-state index in [2.05, 4.69) is 26.1 Å². The number of nitrogens with one attached hydrogen (secondary N) is 1. The van der Waals surface area contributed by atoms with E-state index in [0.717, 1.165) is 6.54 Å². The predicted octanol–water partition coefficient (Wildman–Crippen LogP) is 3.64. The average molecular weight is 238 g/mol. The molecule has 1 aliphatic carbocycles. The largest absolute Gasteiger partial charge is 0.309 e. The summed E-state index contributed by atoms with van der Waals surface area (Å²) in [6, 6.07) is 0.577. The van der Waals surface area contributed by atoms with E-state index in [0.29, 0.717) is 12.0 Å². The highest BCUT2D eigenvalue weighted by molar-refractivity contribution is 7.12. The molecule has 1 aromatic heterocycles. The Hall–Kier alpha value is -0.410. The van der Waals surface area contributed by atoms with Gasteiger partial charge in [0.2, 0.25) is 0 Å². The van der Waals surface area contributed by atoms with Crippen LogP contribution in [0.25, 0.3) is 0 Å². The van der Waals surface area contributed by atoms with E-state index in [-0.39, 0.29) is 0 Å². The van der Waals surface area contributed by atoms with Gasteiger partial charge in [-0.2, -0.15) is 0 Å². The van der Waals surface area contributed by atoms with Gasteiger partial charge in [-0.15, -0.1) is 11.3 Å². The number of thiazole rings is 1. The van der Waals surface area contributed by atoms with Crippen LogP contribution in [0.5, 0.6) is 0 Å². The van der Waals surface area contributed by atoms with Gasteiger partial charge < -0.3 is 5.32 Å². The number of aromatic nitrogens is 1. The van der Waals surface area contributed by atoms with Crippen LogP contribution in [0.15, 0.2) is 0 Å². The molecule has 1 N–H and O–H groups in total. The standard InChI is InChI=1S/C13H22N2S/c1-4-8-14-10-6-5-7-11-12(10)16-13(15-11)9(2)3/h9-10,14H,4-8H2,1-3H3. The molecule has 0 aliphatic heterocycles. The monoisotopic (exact) mass is 238 g/mol. The van der Waals surface area contributed by atoms with E-state index in [1.165, 1.54) is 41.3 Å². The third-order valence-corrected chi connectivity index (χ3v) is 4.61. The molecule has 1 unspecified atom stereocenters. The number of nitrogens with zero attached hydrogens (tertiary/aromatic N) is 1. The minimum Gasteiger partial charge on any atom is -0.309 e. The summed E-state index contributed by atoms with van der Waals surface area (Å²) < 4.78 is 0. The Kier molecular flexibility index (Phi) is 3.98. The molecule has 0 saturated heterocycles. The van der Waals surface area contributed by atoms with Crippen molar-refractivity contribution in [2.45, 2.75) is 58.4 Å². The molecule has 1 heterocycles. The van der Waals surface area contributed by atoms with Gasteiger partial charge in [-0.25, -0.2) is 4.98 Å². The summed E-state index contributed by atoms with van der Waals surface area (Å²) in [5.74, 6) is 0.572. The topological polar surface area (TPSA) is 24.9 Å². The van der Waals surface area contributed by atoms with Gasteiger partial charge in [-0.1, -0.05) is 20.8 Å². The lowest BCUT2D eigenvalue weighted by molar-refractivity contribution is 0.464. The van der Waals surface area contributed by atoms with E-state index >= 15 is 0 Å². The Balaban J connectivity index is 2.17. The molecule has 0 aromatic carbocycles. The second kappa shape index (κ2) is 5.28. The smallest absolute Gasteiger partial charge is 0.0957 e.